The second kappa shape index (κ2) is 7.63. The van der Waals surface area contributed by atoms with Crippen molar-refractivity contribution >= 4 is 17.4 Å². The molecular formula is C21H19ClF3N3O. The summed E-state index contributed by atoms with van der Waals surface area (Å²) in [6.45, 7) is 0.769. The molecule has 8 heteroatoms. The Bertz CT molecular complexity index is 1030. The molecule has 0 amide bonds. The average Bonchev–Trinajstić information content (AvgIpc) is 2.88. The molecule has 4 rings (SSSR count). The van der Waals surface area contributed by atoms with Crippen LogP contribution in [0.5, 0.6) is 5.75 Å². The zero-order valence-corrected chi connectivity index (χ0v) is 16.4. The van der Waals surface area contributed by atoms with E-state index in [2.05, 4.69) is 5.32 Å². The van der Waals surface area contributed by atoms with Gasteiger partial charge in [-0.2, -0.15) is 18.3 Å². The molecular weight excluding hydrogens is 403 g/mol. The minimum atomic E-state index is -4.38. The van der Waals surface area contributed by atoms with Gasteiger partial charge in [-0.1, -0.05) is 11.6 Å². The molecule has 1 aliphatic heterocycles. The summed E-state index contributed by atoms with van der Waals surface area (Å²) in [5, 5.41) is 8.69. The number of rotatable bonds is 3. The van der Waals surface area contributed by atoms with Gasteiger partial charge >= 0.3 is 6.18 Å². The summed E-state index contributed by atoms with van der Waals surface area (Å²) in [6.07, 6.45) is -1.60. The van der Waals surface area contributed by atoms with Gasteiger partial charge in [-0.15, -0.1) is 0 Å². The second-order valence-corrected chi connectivity index (χ2v) is 7.30. The maximum atomic E-state index is 12.9. The smallest absolute Gasteiger partial charge is 0.416 e. The highest BCUT2D eigenvalue weighted by Crippen LogP contribution is 2.39. The molecule has 0 fully saturated rings. The van der Waals surface area contributed by atoms with Gasteiger partial charge in [0.25, 0.3) is 0 Å². The monoisotopic (exact) mass is 421 g/mol. The van der Waals surface area contributed by atoms with Crippen LogP contribution in [0.15, 0.2) is 42.5 Å². The summed E-state index contributed by atoms with van der Waals surface area (Å²) in [5.74, 6) is 1.43. The maximum Gasteiger partial charge on any atom is 0.416 e. The van der Waals surface area contributed by atoms with Crippen molar-refractivity contribution in [3.8, 4) is 22.7 Å². The van der Waals surface area contributed by atoms with Crippen LogP contribution in [0.25, 0.3) is 16.9 Å². The summed E-state index contributed by atoms with van der Waals surface area (Å²) >= 11 is 6.21. The Hall–Kier alpha value is -2.67. The highest BCUT2D eigenvalue weighted by molar-refractivity contribution is 6.31. The van der Waals surface area contributed by atoms with Crippen molar-refractivity contribution in [2.45, 2.75) is 25.4 Å². The highest BCUT2D eigenvalue weighted by atomic mass is 35.5. The van der Waals surface area contributed by atoms with Gasteiger partial charge in [0.2, 0.25) is 0 Å². The van der Waals surface area contributed by atoms with E-state index in [9.17, 15) is 13.2 Å². The van der Waals surface area contributed by atoms with Gasteiger partial charge in [0.15, 0.2) is 0 Å². The molecule has 0 bridgehead atoms. The molecule has 2 heterocycles. The Balaban J connectivity index is 1.88. The fraction of sp³-hybridized carbons (Fsp3) is 0.286. The zero-order valence-electron chi connectivity index (χ0n) is 15.7. The Labute approximate surface area is 171 Å². The number of methoxy groups -OCH3 is 1. The van der Waals surface area contributed by atoms with Crippen LogP contribution in [-0.2, 0) is 12.6 Å². The van der Waals surface area contributed by atoms with Crippen LogP contribution in [0.4, 0.5) is 19.0 Å². The first-order chi connectivity index (χ1) is 13.9. The minimum absolute atomic E-state index is 0.552. The standard InChI is InChI=1S/C21H19ClF3N3O/c1-29-18-10-7-14(22)12-17(18)19-16-4-2-3-11-26-20(16)28(27-19)15-8-5-13(6-9-15)21(23,24)25/h5-10,12,26H,2-4,11H2,1H3. The fourth-order valence-corrected chi connectivity index (χ4v) is 3.73. The molecule has 0 saturated heterocycles. The number of nitrogens with zero attached hydrogens (tertiary/aromatic N) is 2. The molecule has 152 valence electrons. The first kappa shape index (κ1) is 19.6. The number of benzene rings is 2. The molecule has 29 heavy (non-hydrogen) atoms. The van der Waals surface area contributed by atoms with E-state index in [1.54, 1.807) is 30.0 Å². The number of nitrogens with one attached hydrogen (secondary N) is 1. The van der Waals surface area contributed by atoms with Crippen LogP contribution in [-0.4, -0.2) is 23.4 Å². The number of alkyl halides is 3. The number of hydrogen-bond acceptors (Lipinski definition) is 3. The van der Waals surface area contributed by atoms with Crippen LogP contribution in [0.2, 0.25) is 5.02 Å². The topological polar surface area (TPSA) is 39.1 Å². The van der Waals surface area contributed by atoms with Gasteiger partial charge in [-0.05, 0) is 61.7 Å². The Kier molecular flexibility index (Phi) is 5.17. The predicted molar refractivity (Wildman–Crippen MR) is 107 cm³/mol. The molecule has 3 aromatic rings. The molecule has 4 nitrogen and oxygen atoms in total. The summed E-state index contributed by atoms with van der Waals surface area (Å²) < 4.78 is 46.0. The van der Waals surface area contributed by atoms with Crippen molar-refractivity contribution in [2.75, 3.05) is 19.0 Å². The lowest BCUT2D eigenvalue weighted by Gasteiger charge is -2.11. The molecule has 1 aromatic heterocycles. The summed E-state index contributed by atoms with van der Waals surface area (Å²) in [4.78, 5) is 0. The zero-order chi connectivity index (χ0) is 20.6. The number of halogens is 4. The molecule has 0 saturated carbocycles. The van der Waals surface area contributed by atoms with Crippen LogP contribution in [0.1, 0.15) is 24.0 Å². The van der Waals surface area contributed by atoms with E-state index in [4.69, 9.17) is 21.4 Å². The first-order valence-electron chi connectivity index (χ1n) is 9.26. The largest absolute Gasteiger partial charge is 0.496 e. The Morgan fingerprint density at radius 2 is 1.86 bits per heavy atom. The lowest BCUT2D eigenvalue weighted by molar-refractivity contribution is -0.137. The summed E-state index contributed by atoms with van der Waals surface area (Å²) in [6, 6.07) is 10.3. The predicted octanol–water partition coefficient (Wildman–Crippen LogP) is 5.97. The highest BCUT2D eigenvalue weighted by Gasteiger charge is 2.30. The van der Waals surface area contributed by atoms with Crippen LogP contribution >= 0.6 is 11.6 Å². The number of ether oxygens (including phenoxy) is 1. The quantitative estimate of drug-likeness (QED) is 0.566. The van der Waals surface area contributed by atoms with Crippen LogP contribution in [0.3, 0.4) is 0 Å². The molecule has 0 unspecified atom stereocenters. The van der Waals surface area contributed by atoms with E-state index in [1.165, 1.54) is 12.1 Å². The number of fused-ring (bicyclic) bond motifs is 1. The van der Waals surface area contributed by atoms with Gasteiger partial charge in [0.1, 0.15) is 17.3 Å². The third kappa shape index (κ3) is 3.79. The average molecular weight is 422 g/mol. The van der Waals surface area contributed by atoms with Gasteiger partial charge in [0.05, 0.1) is 18.4 Å². The lowest BCUT2D eigenvalue weighted by atomic mass is 10.0. The summed E-state index contributed by atoms with van der Waals surface area (Å²) in [7, 11) is 1.58. The van der Waals surface area contributed by atoms with E-state index < -0.39 is 11.7 Å². The maximum absolute atomic E-state index is 12.9. The molecule has 0 atom stereocenters. The number of hydrogen-bond donors (Lipinski definition) is 1. The molecule has 0 spiro atoms. The van der Waals surface area contributed by atoms with Crippen molar-refractivity contribution in [3.05, 3.63) is 58.6 Å². The van der Waals surface area contributed by atoms with E-state index in [0.717, 1.165) is 54.9 Å². The first-order valence-corrected chi connectivity index (χ1v) is 9.63. The van der Waals surface area contributed by atoms with E-state index in [-0.39, 0.29) is 0 Å². The Morgan fingerprint density at radius 1 is 1.10 bits per heavy atom. The van der Waals surface area contributed by atoms with Crippen molar-refractivity contribution in [3.63, 3.8) is 0 Å². The van der Waals surface area contributed by atoms with Crippen LogP contribution in [0, 0.1) is 0 Å². The fourth-order valence-electron chi connectivity index (χ4n) is 3.56. The third-order valence-electron chi connectivity index (χ3n) is 4.99. The van der Waals surface area contributed by atoms with Crippen molar-refractivity contribution < 1.29 is 17.9 Å². The minimum Gasteiger partial charge on any atom is -0.496 e. The third-order valence-corrected chi connectivity index (χ3v) is 5.22. The van der Waals surface area contributed by atoms with Crippen molar-refractivity contribution in [1.29, 1.82) is 0 Å². The van der Waals surface area contributed by atoms with Crippen molar-refractivity contribution in [2.24, 2.45) is 0 Å². The van der Waals surface area contributed by atoms with Gasteiger partial charge in [0, 0.05) is 22.7 Å². The Morgan fingerprint density at radius 3 is 2.55 bits per heavy atom. The lowest BCUT2D eigenvalue weighted by Crippen LogP contribution is -2.08. The van der Waals surface area contributed by atoms with E-state index in [1.807, 2.05) is 0 Å². The second-order valence-electron chi connectivity index (χ2n) is 6.86. The normalized spacial score (nSPS) is 14.1. The van der Waals surface area contributed by atoms with E-state index in [0.29, 0.717) is 22.2 Å². The molecule has 2 aromatic carbocycles. The molecule has 1 aliphatic rings. The molecule has 0 radical (unpaired) electrons. The molecule has 1 N–H and O–H groups in total. The SMILES string of the molecule is COc1ccc(Cl)cc1-c1nn(-c2ccc(C(F)(F)F)cc2)c2c1CCCCN2. The van der Waals surface area contributed by atoms with Gasteiger partial charge in [-0.3, -0.25) is 0 Å². The van der Waals surface area contributed by atoms with Gasteiger partial charge in [-0.25, -0.2) is 4.68 Å². The summed E-state index contributed by atoms with van der Waals surface area (Å²) in [5.41, 5.74) is 2.34. The molecule has 0 aliphatic carbocycles. The van der Waals surface area contributed by atoms with E-state index >= 15 is 0 Å². The van der Waals surface area contributed by atoms with Crippen LogP contribution < -0.4 is 10.1 Å². The van der Waals surface area contributed by atoms with Crippen molar-refractivity contribution in [1.82, 2.24) is 9.78 Å². The number of anilines is 1. The number of aromatic nitrogens is 2. The van der Waals surface area contributed by atoms with Gasteiger partial charge < -0.3 is 10.1 Å².